The lowest BCUT2D eigenvalue weighted by atomic mass is 10.2. The van der Waals surface area contributed by atoms with E-state index in [1.165, 1.54) is 0 Å². The minimum absolute atomic E-state index is 0.200. The molecule has 168 valence electrons. The zero-order valence-corrected chi connectivity index (χ0v) is 19.3. The Balaban J connectivity index is 1.50. The van der Waals surface area contributed by atoms with E-state index in [1.54, 1.807) is 54.3 Å². The molecule has 4 rings (SSSR count). The maximum atomic E-state index is 13.0. The van der Waals surface area contributed by atoms with Crippen molar-refractivity contribution < 1.29 is 9.59 Å². The monoisotopic (exact) mass is 461 g/mol. The van der Waals surface area contributed by atoms with Crippen molar-refractivity contribution in [2.45, 2.75) is 26.8 Å². The zero-order chi connectivity index (χ0) is 23.5. The second-order valence-corrected chi connectivity index (χ2v) is 8.22. The smallest absolute Gasteiger partial charge is 0.257 e. The maximum Gasteiger partial charge on any atom is 0.257 e. The van der Waals surface area contributed by atoms with Crippen molar-refractivity contribution in [3.8, 4) is 5.69 Å². The zero-order valence-electron chi connectivity index (χ0n) is 18.5. The normalized spacial score (nSPS) is 11.8. The van der Waals surface area contributed by atoms with E-state index in [2.05, 4.69) is 15.7 Å². The number of rotatable bonds is 6. The molecule has 4 aromatic rings. The molecule has 2 N–H and O–H groups in total. The number of aryl methyl sites for hydroxylation is 1. The van der Waals surface area contributed by atoms with E-state index in [4.69, 9.17) is 11.6 Å². The molecule has 0 spiro atoms. The Labute approximate surface area is 197 Å². The molecule has 7 nitrogen and oxygen atoms in total. The first kappa shape index (κ1) is 22.4. The first-order chi connectivity index (χ1) is 15.8. The van der Waals surface area contributed by atoms with Gasteiger partial charge in [0.25, 0.3) is 5.91 Å². The molecule has 2 heterocycles. The summed E-state index contributed by atoms with van der Waals surface area (Å²) in [4.78, 5) is 25.6. The summed E-state index contributed by atoms with van der Waals surface area (Å²) in [5.74, 6) is -0.426. The number of nitrogens with zero attached hydrogens (tertiary/aromatic N) is 3. The number of nitrogens with one attached hydrogen (secondary N) is 2. The third-order valence-corrected chi connectivity index (χ3v) is 5.70. The Morgan fingerprint density at radius 3 is 2.33 bits per heavy atom. The van der Waals surface area contributed by atoms with E-state index in [-0.39, 0.29) is 11.8 Å². The Kier molecular flexibility index (Phi) is 6.33. The number of hydrogen-bond donors (Lipinski definition) is 2. The van der Waals surface area contributed by atoms with Gasteiger partial charge in [-0.3, -0.25) is 14.3 Å². The second-order valence-electron chi connectivity index (χ2n) is 7.78. The van der Waals surface area contributed by atoms with E-state index >= 15 is 0 Å². The van der Waals surface area contributed by atoms with Crippen LogP contribution in [-0.4, -0.2) is 26.2 Å². The van der Waals surface area contributed by atoms with Gasteiger partial charge in [-0.25, -0.2) is 0 Å². The number of carbonyl (C=O) groups is 2. The Morgan fingerprint density at radius 1 is 0.970 bits per heavy atom. The molecule has 1 unspecified atom stereocenters. The quantitative estimate of drug-likeness (QED) is 0.403. The number of halogens is 1. The highest BCUT2D eigenvalue weighted by molar-refractivity contribution is 6.30. The fourth-order valence-electron chi connectivity index (χ4n) is 3.73. The summed E-state index contributed by atoms with van der Waals surface area (Å²) in [5.41, 5.74) is 4.44. The molecule has 0 saturated heterocycles. The van der Waals surface area contributed by atoms with Gasteiger partial charge in [0.2, 0.25) is 5.91 Å². The molecule has 0 saturated carbocycles. The predicted octanol–water partition coefficient (Wildman–Crippen LogP) is 5.40. The van der Waals surface area contributed by atoms with E-state index in [1.807, 2.05) is 48.7 Å². The molecule has 33 heavy (non-hydrogen) atoms. The molecule has 2 amide bonds. The summed E-state index contributed by atoms with van der Waals surface area (Å²) in [6.45, 7) is 5.63. The van der Waals surface area contributed by atoms with Gasteiger partial charge >= 0.3 is 0 Å². The summed E-state index contributed by atoms with van der Waals surface area (Å²) < 4.78 is 3.59. The van der Waals surface area contributed by atoms with Crippen molar-refractivity contribution in [3.63, 3.8) is 0 Å². The van der Waals surface area contributed by atoms with Crippen LogP contribution in [0.25, 0.3) is 5.69 Å². The third kappa shape index (κ3) is 4.83. The number of hydrogen-bond acceptors (Lipinski definition) is 3. The Morgan fingerprint density at radius 2 is 1.67 bits per heavy atom. The van der Waals surface area contributed by atoms with Crippen LogP contribution >= 0.6 is 11.6 Å². The first-order valence-corrected chi connectivity index (χ1v) is 10.9. The molecule has 2 aromatic heterocycles. The van der Waals surface area contributed by atoms with Crippen molar-refractivity contribution in [3.05, 3.63) is 95.0 Å². The maximum absolute atomic E-state index is 13.0. The third-order valence-electron chi connectivity index (χ3n) is 5.45. The molecular weight excluding hydrogens is 438 g/mol. The number of amides is 2. The van der Waals surface area contributed by atoms with Crippen molar-refractivity contribution in [2.24, 2.45) is 0 Å². The van der Waals surface area contributed by atoms with Gasteiger partial charge in [0, 0.05) is 45.9 Å². The van der Waals surface area contributed by atoms with Crippen LogP contribution < -0.4 is 10.6 Å². The van der Waals surface area contributed by atoms with Crippen molar-refractivity contribution in [1.29, 1.82) is 0 Å². The summed E-state index contributed by atoms with van der Waals surface area (Å²) in [6.07, 6.45) is 3.37. The van der Waals surface area contributed by atoms with Crippen LogP contribution in [0, 0.1) is 13.8 Å². The van der Waals surface area contributed by atoms with Crippen molar-refractivity contribution in [2.75, 3.05) is 10.6 Å². The van der Waals surface area contributed by atoms with Crippen molar-refractivity contribution in [1.82, 2.24) is 14.3 Å². The lowest BCUT2D eigenvalue weighted by molar-refractivity contribution is -0.119. The fraction of sp³-hybridized carbons (Fsp3) is 0.160. The van der Waals surface area contributed by atoms with Gasteiger partial charge in [-0.15, -0.1) is 0 Å². The number of aromatic nitrogens is 3. The van der Waals surface area contributed by atoms with Crippen LogP contribution in [0.1, 0.15) is 34.7 Å². The molecule has 0 aliphatic rings. The molecule has 0 fully saturated rings. The lowest BCUT2D eigenvalue weighted by Crippen LogP contribution is -2.24. The molecule has 2 aromatic carbocycles. The molecule has 0 bridgehead atoms. The van der Waals surface area contributed by atoms with Crippen LogP contribution in [0.5, 0.6) is 0 Å². The topological polar surface area (TPSA) is 81.0 Å². The molecule has 0 aliphatic heterocycles. The molecule has 8 heteroatoms. The number of carbonyl (C=O) groups excluding carboxylic acids is 2. The largest absolute Gasteiger partial charge is 0.324 e. The summed E-state index contributed by atoms with van der Waals surface area (Å²) in [5, 5.41) is 10.6. The van der Waals surface area contributed by atoms with E-state index < -0.39 is 6.04 Å². The summed E-state index contributed by atoms with van der Waals surface area (Å²) in [7, 11) is 0. The van der Waals surface area contributed by atoms with Crippen molar-refractivity contribution >= 4 is 34.8 Å². The highest BCUT2D eigenvalue weighted by atomic mass is 35.5. The van der Waals surface area contributed by atoms with E-state index in [9.17, 15) is 9.59 Å². The standard InChI is InChI=1S/C25H24ClN5O2/c1-16-14-23(17(2)31(16)22-10-8-19(26)9-11-22)25(33)29-21-7-4-6-20(15-21)28-24(32)18(3)30-13-5-12-27-30/h4-15,18H,1-3H3,(H,28,32)(H,29,33). The Hall–Kier alpha value is -3.84. The fourth-order valence-corrected chi connectivity index (χ4v) is 3.86. The number of benzene rings is 2. The highest BCUT2D eigenvalue weighted by Gasteiger charge is 2.18. The average molecular weight is 462 g/mol. The van der Waals surface area contributed by atoms with Gasteiger partial charge in [0.1, 0.15) is 6.04 Å². The SMILES string of the molecule is Cc1cc(C(=O)Nc2cccc(NC(=O)C(C)n3cccn3)c2)c(C)n1-c1ccc(Cl)cc1. The summed E-state index contributed by atoms with van der Waals surface area (Å²) in [6, 6.07) is 17.7. The van der Waals surface area contributed by atoms with Gasteiger partial charge in [-0.2, -0.15) is 5.10 Å². The average Bonchev–Trinajstić information content (AvgIpc) is 3.42. The molecule has 0 radical (unpaired) electrons. The van der Waals surface area contributed by atoms with Crippen LogP contribution in [-0.2, 0) is 4.79 Å². The van der Waals surface area contributed by atoms with Gasteiger partial charge in [0.05, 0.1) is 5.56 Å². The van der Waals surface area contributed by atoms with E-state index in [0.717, 1.165) is 17.1 Å². The summed E-state index contributed by atoms with van der Waals surface area (Å²) >= 11 is 6.01. The van der Waals surface area contributed by atoms with Crippen LogP contribution in [0.2, 0.25) is 5.02 Å². The minimum Gasteiger partial charge on any atom is -0.324 e. The molecule has 1 atom stereocenters. The predicted molar refractivity (Wildman–Crippen MR) is 130 cm³/mol. The highest BCUT2D eigenvalue weighted by Crippen LogP contribution is 2.24. The Bertz CT molecular complexity index is 1290. The van der Waals surface area contributed by atoms with Gasteiger partial charge in [0.15, 0.2) is 0 Å². The van der Waals surface area contributed by atoms with Crippen LogP contribution in [0.15, 0.2) is 73.1 Å². The van der Waals surface area contributed by atoms with Crippen LogP contribution in [0.3, 0.4) is 0 Å². The van der Waals surface area contributed by atoms with Gasteiger partial charge in [-0.05, 0) is 75.4 Å². The second kappa shape index (κ2) is 9.34. The van der Waals surface area contributed by atoms with Gasteiger partial charge in [-0.1, -0.05) is 17.7 Å². The number of anilines is 2. The minimum atomic E-state index is -0.462. The first-order valence-electron chi connectivity index (χ1n) is 10.5. The van der Waals surface area contributed by atoms with E-state index in [0.29, 0.717) is 22.0 Å². The van der Waals surface area contributed by atoms with Gasteiger partial charge < -0.3 is 15.2 Å². The molecular formula is C25H24ClN5O2. The lowest BCUT2D eigenvalue weighted by Gasteiger charge is -2.14. The van der Waals surface area contributed by atoms with Crippen LogP contribution in [0.4, 0.5) is 11.4 Å². The molecule has 0 aliphatic carbocycles.